The van der Waals surface area contributed by atoms with E-state index in [0.717, 1.165) is 49.6 Å². The summed E-state index contributed by atoms with van der Waals surface area (Å²) in [6, 6.07) is 8.37. The molecule has 1 heterocycles. The SMILES string of the molecule is CC[C@H](O)CN1CCC(Nc2ccccc2Cl)CC1. The fourth-order valence-electron chi connectivity index (χ4n) is 2.49. The summed E-state index contributed by atoms with van der Waals surface area (Å²) in [6.07, 6.45) is 2.84. The van der Waals surface area contributed by atoms with Crippen molar-refractivity contribution in [1.29, 1.82) is 0 Å². The van der Waals surface area contributed by atoms with Gasteiger partial charge in [-0.1, -0.05) is 30.7 Å². The maximum Gasteiger partial charge on any atom is 0.0664 e. The summed E-state index contributed by atoms with van der Waals surface area (Å²) in [6.45, 7) is 4.91. The Morgan fingerprint density at radius 2 is 2.05 bits per heavy atom. The smallest absolute Gasteiger partial charge is 0.0664 e. The van der Waals surface area contributed by atoms with E-state index in [1.54, 1.807) is 0 Å². The zero-order valence-corrected chi connectivity index (χ0v) is 12.2. The fourth-order valence-corrected chi connectivity index (χ4v) is 2.68. The topological polar surface area (TPSA) is 35.5 Å². The molecule has 1 aliphatic heterocycles. The van der Waals surface area contributed by atoms with Gasteiger partial charge in [0.1, 0.15) is 0 Å². The van der Waals surface area contributed by atoms with Gasteiger partial charge >= 0.3 is 0 Å². The van der Waals surface area contributed by atoms with E-state index in [4.69, 9.17) is 11.6 Å². The van der Waals surface area contributed by atoms with E-state index in [9.17, 15) is 5.11 Å². The molecule has 2 N–H and O–H groups in total. The van der Waals surface area contributed by atoms with Gasteiger partial charge < -0.3 is 15.3 Å². The Balaban J connectivity index is 1.79. The number of halogens is 1. The largest absolute Gasteiger partial charge is 0.392 e. The Bertz CT molecular complexity index is 391. The quantitative estimate of drug-likeness (QED) is 0.871. The van der Waals surface area contributed by atoms with Gasteiger partial charge in [-0.2, -0.15) is 0 Å². The number of anilines is 1. The molecule has 1 saturated heterocycles. The lowest BCUT2D eigenvalue weighted by atomic mass is 10.0. The molecule has 19 heavy (non-hydrogen) atoms. The van der Waals surface area contributed by atoms with Gasteiger partial charge in [0.05, 0.1) is 16.8 Å². The van der Waals surface area contributed by atoms with Gasteiger partial charge in [-0.15, -0.1) is 0 Å². The van der Waals surface area contributed by atoms with Gasteiger partial charge in [-0.3, -0.25) is 0 Å². The first-order chi connectivity index (χ1) is 9.19. The lowest BCUT2D eigenvalue weighted by molar-refractivity contribution is 0.0962. The highest BCUT2D eigenvalue weighted by atomic mass is 35.5. The molecular formula is C15H23ClN2O. The Kier molecular flexibility index (Phi) is 5.49. The third-order valence-electron chi connectivity index (χ3n) is 3.76. The highest BCUT2D eigenvalue weighted by molar-refractivity contribution is 6.33. The van der Waals surface area contributed by atoms with Crippen LogP contribution in [0.4, 0.5) is 5.69 Å². The molecule has 0 bridgehead atoms. The number of rotatable bonds is 5. The van der Waals surface area contributed by atoms with Crippen molar-refractivity contribution in [2.45, 2.75) is 38.3 Å². The molecule has 106 valence electrons. The van der Waals surface area contributed by atoms with Gasteiger partial charge in [-0.25, -0.2) is 0 Å². The van der Waals surface area contributed by atoms with E-state index in [1.807, 2.05) is 31.2 Å². The monoisotopic (exact) mass is 282 g/mol. The molecule has 1 aromatic rings. The van der Waals surface area contributed by atoms with E-state index in [2.05, 4.69) is 10.2 Å². The molecule has 1 fully saturated rings. The van der Waals surface area contributed by atoms with E-state index in [-0.39, 0.29) is 6.10 Å². The van der Waals surface area contributed by atoms with Crippen molar-refractivity contribution in [3.8, 4) is 0 Å². The van der Waals surface area contributed by atoms with Gasteiger partial charge in [0.25, 0.3) is 0 Å². The number of piperidine rings is 1. The maximum atomic E-state index is 9.67. The average molecular weight is 283 g/mol. The molecule has 1 aromatic carbocycles. The van der Waals surface area contributed by atoms with Gasteiger partial charge in [0.2, 0.25) is 0 Å². The molecule has 0 aliphatic carbocycles. The molecule has 4 heteroatoms. The standard InChI is InChI=1S/C15H23ClN2O/c1-2-13(19)11-18-9-7-12(8-10-18)17-15-6-4-3-5-14(15)16/h3-6,12-13,17,19H,2,7-11H2,1H3/t13-/m0/s1. The maximum absolute atomic E-state index is 9.67. The van der Waals surface area contributed by atoms with Crippen molar-refractivity contribution in [3.63, 3.8) is 0 Å². The summed E-state index contributed by atoms with van der Waals surface area (Å²) in [7, 11) is 0. The number of benzene rings is 1. The van der Waals surface area contributed by atoms with Crippen molar-refractivity contribution in [3.05, 3.63) is 29.3 Å². The molecule has 2 rings (SSSR count). The lowest BCUT2D eigenvalue weighted by Gasteiger charge is -2.34. The number of para-hydroxylation sites is 1. The first-order valence-electron chi connectivity index (χ1n) is 7.10. The van der Waals surface area contributed by atoms with Gasteiger partial charge in [0.15, 0.2) is 0 Å². The van der Waals surface area contributed by atoms with Crippen LogP contribution in [0.15, 0.2) is 24.3 Å². The molecule has 0 unspecified atom stereocenters. The summed E-state index contributed by atoms with van der Waals surface area (Å²) in [5.41, 5.74) is 1.02. The first-order valence-corrected chi connectivity index (χ1v) is 7.48. The summed E-state index contributed by atoms with van der Waals surface area (Å²) in [5.74, 6) is 0. The van der Waals surface area contributed by atoms with E-state index < -0.39 is 0 Å². The second-order valence-electron chi connectivity index (χ2n) is 5.26. The second-order valence-corrected chi connectivity index (χ2v) is 5.67. The van der Waals surface area contributed by atoms with Crippen LogP contribution in [0.5, 0.6) is 0 Å². The normalized spacial score (nSPS) is 19.3. The van der Waals surface area contributed by atoms with Crippen molar-refractivity contribution >= 4 is 17.3 Å². The van der Waals surface area contributed by atoms with Crippen molar-refractivity contribution in [2.24, 2.45) is 0 Å². The van der Waals surface area contributed by atoms with Crippen LogP contribution in [-0.2, 0) is 0 Å². The van der Waals surface area contributed by atoms with Crippen LogP contribution in [0.2, 0.25) is 5.02 Å². The minimum Gasteiger partial charge on any atom is -0.392 e. The van der Waals surface area contributed by atoms with E-state index in [0.29, 0.717) is 6.04 Å². The van der Waals surface area contributed by atoms with Crippen LogP contribution in [0, 0.1) is 0 Å². The van der Waals surface area contributed by atoms with Crippen molar-refractivity contribution < 1.29 is 5.11 Å². The molecule has 0 spiro atoms. The van der Waals surface area contributed by atoms with Crippen LogP contribution in [-0.4, -0.2) is 41.8 Å². The number of likely N-dealkylation sites (tertiary alicyclic amines) is 1. The number of aliphatic hydroxyl groups is 1. The second kappa shape index (κ2) is 7.13. The number of aliphatic hydroxyl groups excluding tert-OH is 1. The van der Waals surface area contributed by atoms with Crippen LogP contribution in [0.25, 0.3) is 0 Å². The average Bonchev–Trinajstić information content (AvgIpc) is 2.43. The number of hydrogen-bond donors (Lipinski definition) is 2. The van der Waals surface area contributed by atoms with E-state index >= 15 is 0 Å². The summed E-state index contributed by atoms with van der Waals surface area (Å²) >= 11 is 6.15. The molecule has 0 aromatic heterocycles. The Hall–Kier alpha value is -0.770. The van der Waals surface area contributed by atoms with Crippen LogP contribution in [0.3, 0.4) is 0 Å². The Morgan fingerprint density at radius 1 is 1.37 bits per heavy atom. The Labute approximate surface area is 120 Å². The highest BCUT2D eigenvalue weighted by Gasteiger charge is 2.20. The van der Waals surface area contributed by atoms with Gasteiger partial charge in [0, 0.05) is 25.7 Å². The molecule has 1 aliphatic rings. The third-order valence-corrected chi connectivity index (χ3v) is 4.09. The van der Waals surface area contributed by atoms with Crippen molar-refractivity contribution in [1.82, 2.24) is 4.90 Å². The predicted molar refractivity (Wildman–Crippen MR) is 80.8 cm³/mol. The highest BCUT2D eigenvalue weighted by Crippen LogP contribution is 2.24. The fraction of sp³-hybridized carbons (Fsp3) is 0.600. The van der Waals surface area contributed by atoms with Crippen LogP contribution >= 0.6 is 11.6 Å². The van der Waals surface area contributed by atoms with Crippen molar-refractivity contribution in [2.75, 3.05) is 25.0 Å². The summed E-state index contributed by atoms with van der Waals surface area (Å²) < 4.78 is 0. The molecule has 0 radical (unpaired) electrons. The summed E-state index contributed by atoms with van der Waals surface area (Å²) in [5, 5.41) is 14.0. The van der Waals surface area contributed by atoms with E-state index in [1.165, 1.54) is 0 Å². The van der Waals surface area contributed by atoms with Crippen LogP contribution in [0.1, 0.15) is 26.2 Å². The zero-order valence-electron chi connectivity index (χ0n) is 11.5. The molecule has 3 nitrogen and oxygen atoms in total. The number of hydrogen-bond acceptors (Lipinski definition) is 3. The number of nitrogens with one attached hydrogen (secondary N) is 1. The molecule has 1 atom stereocenters. The first kappa shape index (κ1) is 14.6. The van der Waals surface area contributed by atoms with Crippen LogP contribution < -0.4 is 5.32 Å². The minimum atomic E-state index is -0.187. The molecule has 0 amide bonds. The zero-order chi connectivity index (χ0) is 13.7. The number of β-amino-alcohol motifs (C(OH)–C–C–N with tert-alkyl or cyclic N) is 1. The summed E-state index contributed by atoms with van der Waals surface area (Å²) in [4.78, 5) is 2.35. The van der Waals surface area contributed by atoms with Gasteiger partial charge in [-0.05, 0) is 31.4 Å². The Morgan fingerprint density at radius 3 is 2.68 bits per heavy atom. The molecule has 0 saturated carbocycles. The molecular weight excluding hydrogens is 260 g/mol. The number of nitrogens with zero attached hydrogens (tertiary/aromatic N) is 1. The lowest BCUT2D eigenvalue weighted by Crippen LogP contribution is -2.42. The third kappa shape index (κ3) is 4.37. The predicted octanol–water partition coefficient (Wildman–Crippen LogP) is 2.99. The minimum absolute atomic E-state index is 0.187.